The Hall–Kier alpha value is -3.83. The molecule has 0 heterocycles. The molecule has 0 bridgehead atoms. The summed E-state index contributed by atoms with van der Waals surface area (Å²) in [5.41, 5.74) is 4.79. The van der Waals surface area contributed by atoms with Gasteiger partial charge in [-0.2, -0.15) is 0 Å². The van der Waals surface area contributed by atoms with Crippen LogP contribution >= 0.6 is 0 Å². The first kappa shape index (κ1) is 30.2. The number of carbonyl (C=O) groups is 5. The van der Waals surface area contributed by atoms with Crippen LogP contribution in [0, 0.1) is 0 Å². The minimum atomic E-state index is -1.43. The van der Waals surface area contributed by atoms with E-state index in [0.717, 1.165) is 7.11 Å². The molecule has 12 heteroatoms. The van der Waals surface area contributed by atoms with E-state index in [-0.39, 0.29) is 5.75 Å². The lowest BCUT2D eigenvalue weighted by Crippen LogP contribution is -2.56. The number of esters is 1. The quantitative estimate of drug-likeness (QED) is 0.321. The van der Waals surface area contributed by atoms with Crippen LogP contribution in [0.15, 0.2) is 24.3 Å². The van der Waals surface area contributed by atoms with Crippen LogP contribution in [-0.4, -0.2) is 71.1 Å². The van der Waals surface area contributed by atoms with Crippen molar-refractivity contribution in [3.05, 3.63) is 29.8 Å². The van der Waals surface area contributed by atoms with Gasteiger partial charge in [-0.05, 0) is 51.8 Å². The van der Waals surface area contributed by atoms with Crippen molar-refractivity contribution in [2.24, 2.45) is 5.73 Å². The molecule has 0 saturated carbocycles. The molecule has 5 N–H and O–H groups in total. The number of nitrogens with zero attached hydrogens (tertiary/aromatic N) is 1. The van der Waals surface area contributed by atoms with Crippen LogP contribution in [0.5, 0.6) is 5.75 Å². The number of phenols is 1. The van der Waals surface area contributed by atoms with Crippen molar-refractivity contribution < 1.29 is 38.6 Å². The normalized spacial score (nSPS) is 13.5. The average molecular weight is 509 g/mol. The van der Waals surface area contributed by atoms with Crippen molar-refractivity contribution in [3.8, 4) is 5.75 Å². The lowest BCUT2D eigenvalue weighted by Gasteiger charge is -2.38. The van der Waals surface area contributed by atoms with Crippen LogP contribution in [0.4, 0.5) is 4.79 Å². The van der Waals surface area contributed by atoms with Crippen molar-refractivity contribution in [2.75, 3.05) is 13.7 Å². The van der Waals surface area contributed by atoms with E-state index in [0.29, 0.717) is 12.0 Å². The second-order valence-corrected chi connectivity index (χ2v) is 9.16. The number of rotatable bonds is 11. The molecule has 0 aromatic heterocycles. The van der Waals surface area contributed by atoms with E-state index in [1.807, 2.05) is 0 Å². The topological polar surface area (TPSA) is 177 Å². The SMILES string of the molecule is CCC(C)N(C(=O)C(CC(N)=O)NC(=O)OC(C)(C)C)C(C(=O)NCC(=O)OC)c1ccc(O)cc1. The van der Waals surface area contributed by atoms with Crippen molar-refractivity contribution in [1.82, 2.24) is 15.5 Å². The molecule has 0 aliphatic rings. The van der Waals surface area contributed by atoms with Crippen molar-refractivity contribution in [2.45, 2.75) is 71.2 Å². The summed E-state index contributed by atoms with van der Waals surface area (Å²) in [6, 6.07) is 2.31. The number of methoxy groups -OCH3 is 1. The third-order valence-corrected chi connectivity index (χ3v) is 5.08. The van der Waals surface area contributed by atoms with Gasteiger partial charge in [-0.3, -0.25) is 19.2 Å². The first-order valence-electron chi connectivity index (χ1n) is 11.4. The highest BCUT2D eigenvalue weighted by atomic mass is 16.6. The largest absolute Gasteiger partial charge is 0.508 e. The molecule has 0 aliphatic heterocycles. The fourth-order valence-corrected chi connectivity index (χ4v) is 3.25. The summed E-state index contributed by atoms with van der Waals surface area (Å²) in [5, 5.41) is 14.5. The minimum absolute atomic E-state index is 0.0629. The fourth-order valence-electron chi connectivity index (χ4n) is 3.25. The number of alkyl carbamates (subject to hydrolysis) is 1. The van der Waals surface area contributed by atoms with Crippen LogP contribution in [0.2, 0.25) is 0 Å². The van der Waals surface area contributed by atoms with Crippen molar-refractivity contribution in [1.29, 1.82) is 0 Å². The molecule has 0 fully saturated rings. The van der Waals surface area contributed by atoms with Gasteiger partial charge in [0.05, 0.1) is 13.5 Å². The van der Waals surface area contributed by atoms with E-state index in [4.69, 9.17) is 10.5 Å². The second kappa shape index (κ2) is 13.3. The molecular formula is C24H36N4O8. The summed E-state index contributed by atoms with van der Waals surface area (Å²) in [5.74, 6) is -3.10. The Bertz CT molecular complexity index is 942. The van der Waals surface area contributed by atoms with Gasteiger partial charge in [0.25, 0.3) is 0 Å². The molecule has 0 aliphatic carbocycles. The summed E-state index contributed by atoms with van der Waals surface area (Å²) in [4.78, 5) is 64.1. The van der Waals surface area contributed by atoms with Gasteiger partial charge in [0.2, 0.25) is 17.7 Å². The van der Waals surface area contributed by atoms with E-state index in [2.05, 4.69) is 15.4 Å². The molecule has 1 aromatic rings. The Morgan fingerprint density at radius 3 is 2.17 bits per heavy atom. The maximum Gasteiger partial charge on any atom is 0.408 e. The molecule has 200 valence electrons. The van der Waals surface area contributed by atoms with Crippen molar-refractivity contribution in [3.63, 3.8) is 0 Å². The van der Waals surface area contributed by atoms with Crippen LogP contribution < -0.4 is 16.4 Å². The van der Waals surface area contributed by atoms with Crippen LogP contribution in [-0.2, 0) is 28.7 Å². The van der Waals surface area contributed by atoms with Gasteiger partial charge < -0.3 is 35.8 Å². The third-order valence-electron chi connectivity index (χ3n) is 5.08. The fraction of sp³-hybridized carbons (Fsp3) is 0.542. The van der Waals surface area contributed by atoms with Gasteiger partial charge in [0.1, 0.15) is 30.0 Å². The average Bonchev–Trinajstić information content (AvgIpc) is 2.78. The first-order chi connectivity index (χ1) is 16.7. The number of ether oxygens (including phenoxy) is 2. The number of benzene rings is 1. The van der Waals surface area contributed by atoms with Crippen LogP contribution in [0.1, 0.15) is 59.1 Å². The zero-order valence-electron chi connectivity index (χ0n) is 21.5. The van der Waals surface area contributed by atoms with E-state index >= 15 is 0 Å². The minimum Gasteiger partial charge on any atom is -0.508 e. The highest BCUT2D eigenvalue weighted by molar-refractivity contribution is 5.95. The summed E-state index contributed by atoms with van der Waals surface area (Å²) < 4.78 is 9.78. The van der Waals surface area contributed by atoms with Gasteiger partial charge in [0, 0.05) is 6.04 Å². The summed E-state index contributed by atoms with van der Waals surface area (Å²) in [6.07, 6.45) is -1.08. The number of carbonyl (C=O) groups excluding carboxylic acids is 5. The van der Waals surface area contributed by atoms with Crippen molar-refractivity contribution >= 4 is 29.8 Å². The Balaban J connectivity index is 3.51. The van der Waals surface area contributed by atoms with Gasteiger partial charge >= 0.3 is 12.1 Å². The lowest BCUT2D eigenvalue weighted by molar-refractivity contribution is -0.147. The van der Waals surface area contributed by atoms with Gasteiger partial charge in [0.15, 0.2) is 0 Å². The lowest BCUT2D eigenvalue weighted by atomic mass is 9.99. The number of amides is 4. The predicted molar refractivity (Wildman–Crippen MR) is 129 cm³/mol. The highest BCUT2D eigenvalue weighted by Gasteiger charge is 2.39. The number of hydrogen-bond donors (Lipinski definition) is 4. The van der Waals surface area contributed by atoms with E-state index in [1.54, 1.807) is 34.6 Å². The summed E-state index contributed by atoms with van der Waals surface area (Å²) in [6.45, 7) is 7.93. The molecule has 1 rings (SSSR count). The Morgan fingerprint density at radius 1 is 1.11 bits per heavy atom. The van der Waals surface area contributed by atoms with Gasteiger partial charge in [-0.1, -0.05) is 19.1 Å². The number of nitrogens with one attached hydrogen (secondary N) is 2. The molecule has 0 spiro atoms. The molecule has 3 atom stereocenters. The number of primary amides is 1. The molecule has 36 heavy (non-hydrogen) atoms. The smallest absolute Gasteiger partial charge is 0.408 e. The molecule has 0 saturated heterocycles. The van der Waals surface area contributed by atoms with E-state index in [9.17, 15) is 29.1 Å². The maximum absolute atomic E-state index is 13.8. The molecule has 12 nitrogen and oxygen atoms in total. The van der Waals surface area contributed by atoms with Crippen LogP contribution in [0.25, 0.3) is 0 Å². The summed E-state index contributed by atoms with van der Waals surface area (Å²) in [7, 11) is 1.16. The Kier molecular flexibility index (Phi) is 11.2. The number of hydrogen-bond acceptors (Lipinski definition) is 8. The number of phenolic OH excluding ortho intramolecular Hbond substituents is 1. The van der Waals surface area contributed by atoms with E-state index in [1.165, 1.54) is 29.2 Å². The highest BCUT2D eigenvalue weighted by Crippen LogP contribution is 2.28. The zero-order chi connectivity index (χ0) is 27.6. The predicted octanol–water partition coefficient (Wildman–Crippen LogP) is 1.12. The number of aromatic hydroxyl groups is 1. The molecule has 1 aromatic carbocycles. The maximum atomic E-state index is 13.8. The first-order valence-corrected chi connectivity index (χ1v) is 11.4. The number of nitrogens with two attached hydrogens (primary N) is 1. The molecular weight excluding hydrogens is 472 g/mol. The monoisotopic (exact) mass is 508 g/mol. The van der Waals surface area contributed by atoms with Gasteiger partial charge in [-0.15, -0.1) is 0 Å². The second-order valence-electron chi connectivity index (χ2n) is 9.16. The molecule has 0 radical (unpaired) electrons. The standard InChI is InChI=1S/C24H36N4O8/c1-7-14(2)28(22(33)17(12-18(25)30)27-23(34)36-24(3,4)5)20(15-8-10-16(29)11-9-15)21(32)26-13-19(31)35-6/h8-11,14,17,20,29H,7,12-13H2,1-6H3,(H2,25,30)(H,26,32)(H,27,34). The molecule has 3 unspecified atom stereocenters. The van der Waals surface area contributed by atoms with Crippen LogP contribution in [0.3, 0.4) is 0 Å². The summed E-state index contributed by atoms with van der Waals surface area (Å²) >= 11 is 0. The zero-order valence-corrected chi connectivity index (χ0v) is 21.5. The Morgan fingerprint density at radius 2 is 1.69 bits per heavy atom. The third kappa shape index (κ3) is 9.43. The van der Waals surface area contributed by atoms with Gasteiger partial charge in [-0.25, -0.2) is 4.79 Å². The molecule has 4 amide bonds. The van der Waals surface area contributed by atoms with E-state index < -0.39 is 66.5 Å². The Labute approximate surface area is 210 Å².